The number of aromatic nitrogens is 2. The third kappa shape index (κ3) is 2.00. The van der Waals surface area contributed by atoms with E-state index in [1.54, 1.807) is 0 Å². The molecule has 2 rings (SSSR count). The largest absolute Gasteiger partial charge is 0.405 e. The molecule has 0 aliphatic carbocycles. The third-order valence-electron chi connectivity index (χ3n) is 1.93. The number of hydrogen-bond acceptors (Lipinski definition) is 5. The topological polar surface area (TPSA) is 77.0 Å². The summed E-state index contributed by atoms with van der Waals surface area (Å²) in [6.45, 7) is -1.15. The third-order valence-corrected chi connectivity index (χ3v) is 1.93. The number of nitrogens with zero attached hydrogens (tertiary/aromatic N) is 2. The molecule has 0 radical (unpaired) electrons. The van der Waals surface area contributed by atoms with E-state index >= 15 is 0 Å². The number of hydrogen-bond donors (Lipinski definition) is 2. The number of benzene rings is 1. The number of fused-ring (bicyclic) bond motifs is 1. The molecule has 3 N–H and O–H groups in total. The van der Waals surface area contributed by atoms with E-state index in [1.807, 2.05) is 0 Å². The standard InChI is InChI=1S/C8H7F3N4O/c9-8(10,11)3-13-5-2-1-4(12)6-7(5)15-16-14-6/h1-2,13H,3,12H2. The average molecular weight is 232 g/mol. The van der Waals surface area contributed by atoms with Gasteiger partial charge in [-0.25, -0.2) is 4.63 Å². The summed E-state index contributed by atoms with van der Waals surface area (Å²) in [6, 6.07) is 2.83. The molecule has 0 saturated heterocycles. The van der Waals surface area contributed by atoms with E-state index in [4.69, 9.17) is 5.73 Å². The predicted molar refractivity (Wildman–Crippen MR) is 50.8 cm³/mol. The van der Waals surface area contributed by atoms with Gasteiger partial charge in [-0.2, -0.15) is 13.2 Å². The van der Waals surface area contributed by atoms with Crippen LogP contribution in [0.15, 0.2) is 16.8 Å². The first-order valence-electron chi connectivity index (χ1n) is 4.29. The van der Waals surface area contributed by atoms with Crippen molar-refractivity contribution in [1.82, 2.24) is 10.3 Å². The fourth-order valence-corrected chi connectivity index (χ4v) is 1.22. The minimum Gasteiger partial charge on any atom is -0.397 e. The number of nitrogens with two attached hydrogens (primary N) is 1. The maximum absolute atomic E-state index is 12.0. The van der Waals surface area contributed by atoms with Crippen molar-refractivity contribution in [3.05, 3.63) is 12.1 Å². The molecule has 8 heteroatoms. The van der Waals surface area contributed by atoms with Gasteiger partial charge in [-0.3, -0.25) is 0 Å². The van der Waals surface area contributed by atoms with E-state index in [0.717, 1.165) is 0 Å². The van der Waals surface area contributed by atoms with Gasteiger partial charge in [0.1, 0.15) is 6.54 Å². The van der Waals surface area contributed by atoms with Gasteiger partial charge in [-0.05, 0) is 22.4 Å². The molecule has 0 fully saturated rings. The van der Waals surface area contributed by atoms with Gasteiger partial charge in [-0.1, -0.05) is 0 Å². The van der Waals surface area contributed by atoms with Crippen LogP contribution in [0.2, 0.25) is 0 Å². The number of nitrogens with one attached hydrogen (secondary N) is 1. The van der Waals surface area contributed by atoms with Crippen LogP contribution < -0.4 is 11.1 Å². The van der Waals surface area contributed by atoms with Crippen molar-refractivity contribution in [2.45, 2.75) is 6.18 Å². The van der Waals surface area contributed by atoms with Gasteiger partial charge in [0.15, 0.2) is 11.0 Å². The van der Waals surface area contributed by atoms with Crippen LogP contribution in [0.3, 0.4) is 0 Å². The lowest BCUT2D eigenvalue weighted by molar-refractivity contribution is -0.115. The second kappa shape index (κ2) is 3.54. The van der Waals surface area contributed by atoms with Crippen LogP contribution in [0.1, 0.15) is 0 Å². The normalized spacial score (nSPS) is 11.9. The first kappa shape index (κ1) is 10.5. The van der Waals surface area contributed by atoms with E-state index in [1.165, 1.54) is 12.1 Å². The maximum Gasteiger partial charge on any atom is 0.405 e. The molecule has 0 atom stereocenters. The van der Waals surface area contributed by atoms with E-state index < -0.39 is 12.7 Å². The van der Waals surface area contributed by atoms with E-state index in [2.05, 4.69) is 20.3 Å². The Bertz CT molecular complexity index is 507. The van der Waals surface area contributed by atoms with Crippen LogP contribution in [0.4, 0.5) is 24.5 Å². The van der Waals surface area contributed by atoms with Crippen LogP contribution in [-0.4, -0.2) is 23.0 Å². The minimum absolute atomic E-state index is 0.183. The molecular formula is C8H7F3N4O. The summed E-state index contributed by atoms with van der Waals surface area (Å²) < 4.78 is 40.4. The molecule has 0 spiro atoms. The summed E-state index contributed by atoms with van der Waals surface area (Å²) in [5, 5.41) is 9.17. The Kier molecular flexibility index (Phi) is 2.33. The summed E-state index contributed by atoms with van der Waals surface area (Å²) in [5.41, 5.74) is 6.45. The summed E-state index contributed by atoms with van der Waals surface area (Å²) >= 11 is 0. The van der Waals surface area contributed by atoms with Crippen LogP contribution in [0, 0.1) is 0 Å². The molecule has 2 aromatic rings. The van der Waals surface area contributed by atoms with E-state index in [9.17, 15) is 13.2 Å². The molecule has 0 amide bonds. The van der Waals surface area contributed by atoms with Crippen molar-refractivity contribution >= 4 is 22.4 Å². The lowest BCUT2D eigenvalue weighted by atomic mass is 10.2. The summed E-state index contributed by atoms with van der Waals surface area (Å²) in [5.74, 6) is 0. The van der Waals surface area contributed by atoms with Gasteiger partial charge < -0.3 is 11.1 Å². The van der Waals surface area contributed by atoms with Gasteiger partial charge in [0.05, 0.1) is 11.4 Å². The van der Waals surface area contributed by atoms with Gasteiger partial charge in [0.25, 0.3) is 0 Å². The highest BCUT2D eigenvalue weighted by Gasteiger charge is 2.27. The number of alkyl halides is 3. The van der Waals surface area contributed by atoms with Crippen molar-refractivity contribution < 1.29 is 17.8 Å². The van der Waals surface area contributed by atoms with Crippen molar-refractivity contribution in [3.8, 4) is 0 Å². The fraction of sp³-hybridized carbons (Fsp3) is 0.250. The zero-order valence-electron chi connectivity index (χ0n) is 7.88. The number of rotatable bonds is 2. The summed E-state index contributed by atoms with van der Waals surface area (Å²) in [4.78, 5) is 0. The molecule has 0 saturated carbocycles. The first-order valence-corrected chi connectivity index (χ1v) is 4.29. The summed E-state index contributed by atoms with van der Waals surface area (Å²) in [6.07, 6.45) is -4.30. The minimum atomic E-state index is -4.30. The second-order valence-corrected chi connectivity index (χ2v) is 3.13. The lowest BCUT2D eigenvalue weighted by Gasteiger charge is -2.09. The van der Waals surface area contributed by atoms with E-state index in [-0.39, 0.29) is 16.7 Å². The Labute approximate surface area is 87.4 Å². The monoisotopic (exact) mass is 232 g/mol. The van der Waals surface area contributed by atoms with Crippen LogP contribution in [-0.2, 0) is 0 Å². The number of anilines is 2. The van der Waals surface area contributed by atoms with Crippen molar-refractivity contribution in [2.24, 2.45) is 0 Å². The molecular weight excluding hydrogens is 225 g/mol. The van der Waals surface area contributed by atoms with Crippen molar-refractivity contribution in [3.63, 3.8) is 0 Å². The Hall–Kier alpha value is -1.99. The number of halogens is 3. The molecule has 0 bridgehead atoms. The zero-order valence-corrected chi connectivity index (χ0v) is 7.88. The Morgan fingerprint density at radius 2 is 1.94 bits per heavy atom. The highest BCUT2D eigenvalue weighted by Crippen LogP contribution is 2.26. The fourth-order valence-electron chi connectivity index (χ4n) is 1.22. The smallest absolute Gasteiger partial charge is 0.397 e. The predicted octanol–water partition coefficient (Wildman–Crippen LogP) is 1.78. The molecule has 1 aromatic carbocycles. The highest BCUT2D eigenvalue weighted by atomic mass is 19.4. The van der Waals surface area contributed by atoms with Crippen LogP contribution >= 0.6 is 0 Å². The molecule has 16 heavy (non-hydrogen) atoms. The zero-order chi connectivity index (χ0) is 11.8. The van der Waals surface area contributed by atoms with Gasteiger partial charge in [-0.15, -0.1) is 0 Å². The first-order chi connectivity index (χ1) is 7.47. The van der Waals surface area contributed by atoms with Crippen molar-refractivity contribution in [1.29, 1.82) is 0 Å². The van der Waals surface area contributed by atoms with Crippen molar-refractivity contribution in [2.75, 3.05) is 17.6 Å². The molecule has 0 aliphatic rings. The number of nitrogen functional groups attached to an aromatic ring is 1. The molecule has 1 heterocycles. The van der Waals surface area contributed by atoms with Gasteiger partial charge in [0.2, 0.25) is 0 Å². The lowest BCUT2D eigenvalue weighted by Crippen LogP contribution is -2.21. The average Bonchev–Trinajstić information content (AvgIpc) is 2.65. The molecule has 0 aliphatic heterocycles. The molecule has 5 nitrogen and oxygen atoms in total. The summed E-state index contributed by atoms with van der Waals surface area (Å²) in [7, 11) is 0. The van der Waals surface area contributed by atoms with Crippen LogP contribution in [0.25, 0.3) is 11.0 Å². The molecule has 0 unspecified atom stereocenters. The van der Waals surface area contributed by atoms with Gasteiger partial charge in [0, 0.05) is 0 Å². The maximum atomic E-state index is 12.0. The SMILES string of the molecule is Nc1ccc(NCC(F)(F)F)c2nonc12. The highest BCUT2D eigenvalue weighted by molar-refractivity contribution is 5.94. The van der Waals surface area contributed by atoms with E-state index in [0.29, 0.717) is 5.69 Å². The van der Waals surface area contributed by atoms with Gasteiger partial charge >= 0.3 is 6.18 Å². The van der Waals surface area contributed by atoms with Crippen LogP contribution in [0.5, 0.6) is 0 Å². The Morgan fingerprint density at radius 1 is 1.25 bits per heavy atom. The Balaban J connectivity index is 2.31. The Morgan fingerprint density at radius 3 is 2.62 bits per heavy atom. The molecule has 1 aromatic heterocycles. The molecule has 86 valence electrons. The quantitative estimate of drug-likeness (QED) is 0.771. The second-order valence-electron chi connectivity index (χ2n) is 3.13.